The van der Waals surface area contributed by atoms with Crippen LogP contribution < -0.4 is 14.8 Å². The zero-order valence-corrected chi connectivity index (χ0v) is 14.3. The Labute approximate surface area is 151 Å². The molecular formula is C19H20N2O5. The number of nitrogens with one attached hydrogen (secondary N) is 1. The van der Waals surface area contributed by atoms with Crippen LogP contribution in [0.3, 0.4) is 0 Å². The molecule has 0 radical (unpaired) electrons. The van der Waals surface area contributed by atoms with E-state index < -0.39 is 24.1 Å². The zero-order valence-electron chi connectivity index (χ0n) is 14.3. The van der Waals surface area contributed by atoms with Crippen LogP contribution in [0.4, 0.5) is 10.5 Å². The predicted molar refractivity (Wildman–Crippen MR) is 95.2 cm³/mol. The number of ether oxygens (including phenoxy) is 2. The number of anilines is 1. The minimum Gasteiger partial charge on any atom is -0.495 e. The van der Waals surface area contributed by atoms with Crippen molar-refractivity contribution in [3.05, 3.63) is 54.6 Å². The number of β-amino-alcohol motifs (C(OH)–C–C–N with tert-alkyl or cyclic N) is 1. The number of nitrogens with zero attached hydrogens (tertiary/aromatic N) is 1. The summed E-state index contributed by atoms with van der Waals surface area (Å²) in [7, 11) is 1.51. The lowest BCUT2D eigenvalue weighted by molar-refractivity contribution is -0.119. The highest BCUT2D eigenvalue weighted by Gasteiger charge is 2.40. The molecule has 0 spiro atoms. The third-order valence-corrected chi connectivity index (χ3v) is 4.13. The minimum atomic E-state index is -0.828. The van der Waals surface area contributed by atoms with Gasteiger partial charge in [0.05, 0.1) is 25.4 Å². The minimum absolute atomic E-state index is 0.0374. The summed E-state index contributed by atoms with van der Waals surface area (Å²) in [6, 6.07) is 14.7. The molecule has 1 aliphatic heterocycles. The average Bonchev–Trinajstić information content (AvgIpc) is 3.05. The van der Waals surface area contributed by atoms with E-state index >= 15 is 0 Å². The maximum absolute atomic E-state index is 12.7. The second-order valence-electron chi connectivity index (χ2n) is 5.93. The fraction of sp³-hybridized carbons (Fsp3) is 0.263. The van der Waals surface area contributed by atoms with Gasteiger partial charge < -0.3 is 19.9 Å². The first-order valence-corrected chi connectivity index (χ1v) is 8.24. The molecule has 1 fully saturated rings. The summed E-state index contributed by atoms with van der Waals surface area (Å²) in [6.07, 6.45) is -1.31. The lowest BCUT2D eigenvalue weighted by Gasteiger charge is -2.23. The molecule has 7 heteroatoms. The normalized spacial score (nSPS) is 19.1. The first kappa shape index (κ1) is 17.8. The van der Waals surface area contributed by atoms with Crippen molar-refractivity contribution >= 4 is 17.7 Å². The van der Waals surface area contributed by atoms with Crippen molar-refractivity contribution in [1.29, 1.82) is 0 Å². The zero-order chi connectivity index (χ0) is 18.5. The van der Waals surface area contributed by atoms with Crippen molar-refractivity contribution in [1.82, 2.24) is 4.90 Å². The van der Waals surface area contributed by atoms with Gasteiger partial charge in [0, 0.05) is 6.42 Å². The maximum Gasteiger partial charge on any atom is 0.416 e. The summed E-state index contributed by atoms with van der Waals surface area (Å²) in [5.74, 6) is 0.483. The standard InChI is InChI=1S/C19H20N2O5/c1-25-17-10-6-5-9-15(17)20-18(23)16-11-13(22)12-21(16)19(24)26-14-7-3-2-4-8-14/h2-10,13,16,22H,11-12H2,1H3,(H,20,23)/t13-,16-/m1/s1. The van der Waals surface area contributed by atoms with Crippen molar-refractivity contribution in [3.63, 3.8) is 0 Å². The molecule has 2 aromatic carbocycles. The van der Waals surface area contributed by atoms with Crippen molar-refractivity contribution in [2.45, 2.75) is 18.6 Å². The number of hydrogen-bond donors (Lipinski definition) is 2. The number of amides is 2. The average molecular weight is 356 g/mol. The molecule has 1 aliphatic rings. The smallest absolute Gasteiger partial charge is 0.416 e. The maximum atomic E-state index is 12.7. The van der Waals surface area contributed by atoms with E-state index in [1.807, 2.05) is 0 Å². The molecular weight excluding hydrogens is 336 g/mol. The number of carbonyl (C=O) groups is 2. The van der Waals surface area contributed by atoms with Crippen molar-refractivity contribution in [2.75, 3.05) is 19.0 Å². The molecule has 2 amide bonds. The number of aliphatic hydroxyl groups excluding tert-OH is 1. The van der Waals surface area contributed by atoms with Gasteiger partial charge in [-0.1, -0.05) is 30.3 Å². The SMILES string of the molecule is COc1ccccc1NC(=O)[C@H]1C[C@@H](O)CN1C(=O)Oc1ccccc1. The fourth-order valence-corrected chi connectivity index (χ4v) is 2.88. The van der Waals surface area contributed by atoms with Gasteiger partial charge in [0.25, 0.3) is 0 Å². The molecule has 0 aliphatic carbocycles. The predicted octanol–water partition coefficient (Wildman–Crippen LogP) is 2.27. The van der Waals surface area contributed by atoms with E-state index in [0.29, 0.717) is 17.2 Å². The molecule has 2 N–H and O–H groups in total. The third-order valence-electron chi connectivity index (χ3n) is 4.13. The van der Waals surface area contributed by atoms with E-state index in [9.17, 15) is 14.7 Å². The Kier molecular flexibility index (Phi) is 5.38. The van der Waals surface area contributed by atoms with Crippen LogP contribution in [0.5, 0.6) is 11.5 Å². The summed E-state index contributed by atoms with van der Waals surface area (Å²) in [5.41, 5.74) is 0.498. The quantitative estimate of drug-likeness (QED) is 0.877. The molecule has 26 heavy (non-hydrogen) atoms. The first-order valence-electron chi connectivity index (χ1n) is 8.24. The van der Waals surface area contributed by atoms with Gasteiger partial charge in [-0.3, -0.25) is 9.69 Å². The monoisotopic (exact) mass is 356 g/mol. The highest BCUT2D eigenvalue weighted by atomic mass is 16.6. The number of aliphatic hydroxyl groups is 1. The third kappa shape index (κ3) is 3.94. The molecule has 0 unspecified atom stereocenters. The number of rotatable bonds is 4. The Morgan fingerprint density at radius 1 is 1.12 bits per heavy atom. The van der Waals surface area contributed by atoms with E-state index in [2.05, 4.69) is 5.32 Å². The van der Waals surface area contributed by atoms with Crippen molar-refractivity contribution in [3.8, 4) is 11.5 Å². The van der Waals surface area contributed by atoms with Crippen LogP contribution in [0.15, 0.2) is 54.6 Å². The van der Waals surface area contributed by atoms with Crippen LogP contribution in [0.25, 0.3) is 0 Å². The summed E-state index contributed by atoms with van der Waals surface area (Å²) in [4.78, 5) is 26.3. The van der Waals surface area contributed by atoms with Crippen LogP contribution in [0.1, 0.15) is 6.42 Å². The number of hydrogen-bond acceptors (Lipinski definition) is 5. The van der Waals surface area contributed by atoms with Gasteiger partial charge in [-0.15, -0.1) is 0 Å². The Morgan fingerprint density at radius 2 is 1.81 bits per heavy atom. The Bertz CT molecular complexity index is 781. The number of carbonyl (C=O) groups excluding carboxylic acids is 2. The largest absolute Gasteiger partial charge is 0.495 e. The lowest BCUT2D eigenvalue weighted by atomic mass is 10.2. The van der Waals surface area contributed by atoms with Gasteiger partial charge in [-0.05, 0) is 24.3 Å². The van der Waals surface area contributed by atoms with E-state index in [4.69, 9.17) is 9.47 Å². The molecule has 0 bridgehead atoms. The van der Waals surface area contributed by atoms with Crippen LogP contribution in [-0.2, 0) is 4.79 Å². The number of para-hydroxylation sites is 3. The van der Waals surface area contributed by atoms with Crippen molar-refractivity contribution < 1.29 is 24.2 Å². The number of likely N-dealkylation sites (tertiary alicyclic amines) is 1. The molecule has 0 saturated carbocycles. The van der Waals surface area contributed by atoms with Gasteiger partial charge in [0.15, 0.2) is 0 Å². The van der Waals surface area contributed by atoms with Gasteiger partial charge in [0.1, 0.15) is 17.5 Å². The Morgan fingerprint density at radius 3 is 2.54 bits per heavy atom. The molecule has 2 aromatic rings. The van der Waals surface area contributed by atoms with Crippen LogP contribution in [-0.4, -0.2) is 47.8 Å². The van der Waals surface area contributed by atoms with E-state index in [1.165, 1.54) is 12.0 Å². The van der Waals surface area contributed by atoms with E-state index in [0.717, 1.165) is 0 Å². The van der Waals surface area contributed by atoms with Crippen molar-refractivity contribution in [2.24, 2.45) is 0 Å². The van der Waals surface area contributed by atoms with Crippen LogP contribution in [0.2, 0.25) is 0 Å². The second-order valence-corrected chi connectivity index (χ2v) is 5.93. The summed E-state index contributed by atoms with van der Waals surface area (Å²) < 4.78 is 10.5. The fourth-order valence-electron chi connectivity index (χ4n) is 2.88. The van der Waals surface area contributed by atoms with E-state index in [1.54, 1.807) is 54.6 Å². The molecule has 7 nitrogen and oxygen atoms in total. The first-order chi connectivity index (χ1) is 12.6. The molecule has 136 valence electrons. The van der Waals surface area contributed by atoms with Gasteiger partial charge >= 0.3 is 6.09 Å². The van der Waals surface area contributed by atoms with E-state index in [-0.39, 0.29) is 13.0 Å². The number of methoxy groups -OCH3 is 1. The van der Waals surface area contributed by atoms with Gasteiger partial charge in [-0.2, -0.15) is 0 Å². The molecule has 2 atom stereocenters. The summed E-state index contributed by atoms with van der Waals surface area (Å²) in [5, 5.41) is 12.7. The second kappa shape index (κ2) is 7.88. The van der Waals surface area contributed by atoms with Gasteiger partial charge in [-0.25, -0.2) is 4.79 Å². The highest BCUT2D eigenvalue weighted by Crippen LogP contribution is 2.26. The summed E-state index contributed by atoms with van der Waals surface area (Å²) >= 11 is 0. The highest BCUT2D eigenvalue weighted by molar-refractivity contribution is 5.98. The topological polar surface area (TPSA) is 88.1 Å². The Balaban J connectivity index is 1.72. The Hall–Kier alpha value is -3.06. The molecule has 0 aromatic heterocycles. The summed E-state index contributed by atoms with van der Waals surface area (Å²) in [6.45, 7) is 0.0374. The molecule has 1 heterocycles. The van der Waals surface area contributed by atoms with Crippen LogP contribution in [0, 0.1) is 0 Å². The van der Waals surface area contributed by atoms with Gasteiger partial charge in [0.2, 0.25) is 5.91 Å². The molecule has 1 saturated heterocycles. The molecule has 3 rings (SSSR count). The lowest BCUT2D eigenvalue weighted by Crippen LogP contribution is -2.44. The number of benzene rings is 2. The van der Waals surface area contributed by atoms with Crippen LogP contribution >= 0.6 is 0 Å².